The summed E-state index contributed by atoms with van der Waals surface area (Å²) in [5, 5.41) is 8.52. The van der Waals surface area contributed by atoms with Gasteiger partial charge in [-0.15, -0.1) is 5.10 Å². The first-order chi connectivity index (χ1) is 11.1. The van der Waals surface area contributed by atoms with Gasteiger partial charge in [-0.25, -0.2) is 9.67 Å². The lowest BCUT2D eigenvalue weighted by atomic mass is 10.1. The molecule has 1 aromatic carbocycles. The number of hydrogen-bond acceptors (Lipinski definition) is 4. The Morgan fingerprint density at radius 1 is 1.39 bits per heavy atom. The van der Waals surface area contributed by atoms with E-state index in [1.165, 1.54) is 0 Å². The SMILES string of the molecule is C=N/C(OC)=C(C)\C=C(/CC(=C)CC)n1nnc2ccccc21. The topological polar surface area (TPSA) is 52.3 Å². The van der Waals surface area contributed by atoms with E-state index >= 15 is 0 Å². The lowest BCUT2D eigenvalue weighted by Crippen LogP contribution is -2.02. The molecule has 5 heteroatoms. The van der Waals surface area contributed by atoms with Crippen molar-refractivity contribution < 1.29 is 4.74 Å². The molecule has 0 saturated heterocycles. The molecule has 1 aromatic heterocycles. The number of hydrogen-bond donors (Lipinski definition) is 0. The third kappa shape index (κ3) is 3.74. The number of benzene rings is 1. The van der Waals surface area contributed by atoms with E-state index in [1.807, 2.05) is 41.9 Å². The van der Waals surface area contributed by atoms with Crippen LogP contribution in [0.15, 0.2) is 58.9 Å². The molecule has 0 aliphatic carbocycles. The molecule has 0 N–H and O–H groups in total. The van der Waals surface area contributed by atoms with Crippen LogP contribution >= 0.6 is 0 Å². The van der Waals surface area contributed by atoms with Crippen molar-refractivity contribution in [3.05, 3.63) is 53.9 Å². The summed E-state index contributed by atoms with van der Waals surface area (Å²) in [6.45, 7) is 11.7. The van der Waals surface area contributed by atoms with Crippen LogP contribution in [-0.4, -0.2) is 28.8 Å². The zero-order valence-corrected chi connectivity index (χ0v) is 13.9. The summed E-state index contributed by atoms with van der Waals surface area (Å²) in [5.74, 6) is 0.494. The van der Waals surface area contributed by atoms with Gasteiger partial charge in [0.15, 0.2) is 0 Å². The highest BCUT2D eigenvalue weighted by Gasteiger charge is 2.11. The predicted octanol–water partition coefficient (Wildman–Crippen LogP) is 4.21. The molecule has 0 fully saturated rings. The van der Waals surface area contributed by atoms with Crippen LogP contribution in [-0.2, 0) is 4.74 Å². The maximum absolute atomic E-state index is 5.24. The fourth-order valence-electron chi connectivity index (χ4n) is 2.31. The minimum atomic E-state index is 0.494. The molecule has 0 aliphatic heterocycles. The summed E-state index contributed by atoms with van der Waals surface area (Å²) >= 11 is 0. The lowest BCUT2D eigenvalue weighted by molar-refractivity contribution is 0.285. The second-order valence-corrected chi connectivity index (χ2v) is 5.26. The Bertz CT molecular complexity index is 783. The average Bonchev–Trinajstić information content (AvgIpc) is 2.99. The number of ether oxygens (including phenoxy) is 1. The molecule has 1 heterocycles. The predicted molar refractivity (Wildman–Crippen MR) is 95.1 cm³/mol. The first-order valence-corrected chi connectivity index (χ1v) is 7.50. The molecule has 23 heavy (non-hydrogen) atoms. The summed E-state index contributed by atoms with van der Waals surface area (Å²) in [5.41, 5.74) is 4.79. The number of allylic oxidation sites excluding steroid dienone is 4. The van der Waals surface area contributed by atoms with Crippen molar-refractivity contribution in [3.63, 3.8) is 0 Å². The average molecular weight is 310 g/mol. The molecule has 0 aliphatic rings. The molecule has 0 amide bonds. The molecular formula is C18H22N4O. The van der Waals surface area contributed by atoms with Crippen LogP contribution < -0.4 is 0 Å². The molecule has 0 bridgehead atoms. The molecule has 2 aromatic rings. The Hall–Kier alpha value is -2.69. The largest absolute Gasteiger partial charge is 0.481 e. The molecule has 0 unspecified atom stereocenters. The molecule has 0 radical (unpaired) electrons. The molecular weight excluding hydrogens is 288 g/mol. The summed E-state index contributed by atoms with van der Waals surface area (Å²) in [4.78, 5) is 3.90. The monoisotopic (exact) mass is 310 g/mol. The lowest BCUT2D eigenvalue weighted by Gasteiger charge is -2.11. The van der Waals surface area contributed by atoms with E-state index < -0.39 is 0 Å². The van der Waals surface area contributed by atoms with Crippen molar-refractivity contribution in [2.75, 3.05) is 7.11 Å². The highest BCUT2D eigenvalue weighted by molar-refractivity contribution is 5.78. The van der Waals surface area contributed by atoms with Gasteiger partial charge in [0, 0.05) is 17.7 Å². The first-order valence-electron chi connectivity index (χ1n) is 7.50. The van der Waals surface area contributed by atoms with Gasteiger partial charge in [-0.2, -0.15) is 0 Å². The minimum Gasteiger partial charge on any atom is -0.481 e. The van der Waals surface area contributed by atoms with E-state index in [4.69, 9.17) is 4.74 Å². The minimum absolute atomic E-state index is 0.494. The number of para-hydroxylation sites is 1. The number of methoxy groups -OCH3 is 1. The van der Waals surface area contributed by atoms with Crippen LogP contribution in [0.2, 0.25) is 0 Å². The van der Waals surface area contributed by atoms with Crippen molar-refractivity contribution in [2.45, 2.75) is 26.7 Å². The molecule has 0 atom stereocenters. The number of aliphatic imine (C=N–C) groups is 1. The van der Waals surface area contributed by atoms with E-state index in [0.29, 0.717) is 12.3 Å². The van der Waals surface area contributed by atoms with Crippen LogP contribution in [0.3, 0.4) is 0 Å². The Morgan fingerprint density at radius 2 is 2.13 bits per heavy atom. The van der Waals surface area contributed by atoms with Crippen molar-refractivity contribution in [1.82, 2.24) is 15.0 Å². The Labute approximate surface area is 136 Å². The number of fused-ring (bicyclic) bond motifs is 1. The summed E-state index contributed by atoms with van der Waals surface area (Å²) < 4.78 is 7.08. The van der Waals surface area contributed by atoms with Crippen molar-refractivity contribution >= 4 is 23.4 Å². The first kappa shape index (κ1) is 16.7. The van der Waals surface area contributed by atoms with Gasteiger partial charge in [-0.1, -0.05) is 36.4 Å². The number of rotatable bonds is 7. The Morgan fingerprint density at radius 3 is 2.78 bits per heavy atom. The van der Waals surface area contributed by atoms with Crippen LogP contribution in [0, 0.1) is 0 Å². The highest BCUT2D eigenvalue weighted by atomic mass is 16.5. The molecule has 2 rings (SSSR count). The van der Waals surface area contributed by atoms with Gasteiger partial charge in [-0.3, -0.25) is 0 Å². The maximum Gasteiger partial charge on any atom is 0.215 e. The van der Waals surface area contributed by atoms with Gasteiger partial charge in [0.25, 0.3) is 0 Å². The zero-order chi connectivity index (χ0) is 16.8. The fourth-order valence-corrected chi connectivity index (χ4v) is 2.31. The van der Waals surface area contributed by atoms with E-state index in [2.05, 4.69) is 35.5 Å². The quantitative estimate of drug-likeness (QED) is 0.333. The van der Waals surface area contributed by atoms with Gasteiger partial charge in [0.05, 0.1) is 12.6 Å². The van der Waals surface area contributed by atoms with E-state index in [1.54, 1.807) is 7.11 Å². The standard InChI is InChI=1S/C18H22N4O/c1-6-13(2)11-15(12-14(3)18(19-4)23-5)22-17-10-8-7-9-16(17)20-21-22/h7-10,12H,2,4,6,11H2,1,3,5H3/b15-12+,18-14+. The second kappa shape index (κ2) is 7.54. The Balaban J connectivity index is 2.56. The van der Waals surface area contributed by atoms with Gasteiger partial charge in [0.1, 0.15) is 5.52 Å². The van der Waals surface area contributed by atoms with Gasteiger partial charge in [0.2, 0.25) is 5.88 Å². The third-order valence-electron chi connectivity index (χ3n) is 3.61. The van der Waals surface area contributed by atoms with Crippen molar-refractivity contribution in [2.24, 2.45) is 4.99 Å². The zero-order valence-electron chi connectivity index (χ0n) is 13.9. The number of aromatic nitrogens is 3. The summed E-state index contributed by atoms with van der Waals surface area (Å²) in [6, 6.07) is 7.87. The molecule has 5 nitrogen and oxygen atoms in total. The van der Waals surface area contributed by atoms with Crippen LogP contribution in [0.5, 0.6) is 0 Å². The Kier molecular flexibility index (Phi) is 5.46. The highest BCUT2D eigenvalue weighted by Crippen LogP contribution is 2.23. The van der Waals surface area contributed by atoms with E-state index in [9.17, 15) is 0 Å². The van der Waals surface area contributed by atoms with E-state index in [0.717, 1.165) is 34.3 Å². The molecule has 0 saturated carbocycles. The smallest absolute Gasteiger partial charge is 0.215 e. The van der Waals surface area contributed by atoms with Crippen LogP contribution in [0.1, 0.15) is 26.7 Å². The van der Waals surface area contributed by atoms with Gasteiger partial charge in [-0.05, 0) is 38.3 Å². The molecule has 120 valence electrons. The summed E-state index contributed by atoms with van der Waals surface area (Å²) in [6.07, 6.45) is 3.61. The normalized spacial score (nSPS) is 12.9. The van der Waals surface area contributed by atoms with E-state index in [-0.39, 0.29) is 0 Å². The second-order valence-electron chi connectivity index (χ2n) is 5.26. The van der Waals surface area contributed by atoms with Crippen LogP contribution in [0.4, 0.5) is 0 Å². The third-order valence-corrected chi connectivity index (χ3v) is 3.61. The van der Waals surface area contributed by atoms with Crippen molar-refractivity contribution in [1.29, 1.82) is 0 Å². The van der Waals surface area contributed by atoms with Gasteiger partial charge >= 0.3 is 0 Å². The summed E-state index contributed by atoms with van der Waals surface area (Å²) in [7, 11) is 1.58. The maximum atomic E-state index is 5.24. The molecule has 0 spiro atoms. The van der Waals surface area contributed by atoms with Crippen molar-refractivity contribution in [3.8, 4) is 0 Å². The number of nitrogens with zero attached hydrogens (tertiary/aromatic N) is 4. The fraction of sp³-hybridized carbons (Fsp3) is 0.278. The van der Waals surface area contributed by atoms with Gasteiger partial charge < -0.3 is 4.74 Å². The van der Waals surface area contributed by atoms with Crippen LogP contribution in [0.25, 0.3) is 16.7 Å².